The molecule has 0 amide bonds. The van der Waals surface area contributed by atoms with E-state index in [0.717, 1.165) is 4.47 Å². The number of non-ortho nitro benzene ring substituents is 1. The molecule has 6 nitrogen and oxygen atoms in total. The SMILES string of the molecule is O=[N+]([O-])c1cccc(CO/N=C\c2cc(Br)c(Br)o2)c1. The number of nitro groups is 1. The number of benzene rings is 1. The first-order chi connectivity index (χ1) is 9.56. The van der Waals surface area contributed by atoms with Crippen molar-refractivity contribution in [2.24, 2.45) is 5.16 Å². The summed E-state index contributed by atoms with van der Waals surface area (Å²) in [5.41, 5.74) is 0.687. The van der Waals surface area contributed by atoms with Crippen LogP contribution in [0.2, 0.25) is 0 Å². The smallest absolute Gasteiger partial charge is 0.269 e. The van der Waals surface area contributed by atoms with Crippen molar-refractivity contribution in [3.8, 4) is 0 Å². The van der Waals surface area contributed by atoms with Crippen molar-refractivity contribution in [2.45, 2.75) is 6.61 Å². The zero-order chi connectivity index (χ0) is 14.5. The Morgan fingerprint density at radius 1 is 1.40 bits per heavy atom. The summed E-state index contributed by atoms with van der Waals surface area (Å²) in [6, 6.07) is 7.91. The molecule has 0 saturated carbocycles. The third-order valence-corrected chi connectivity index (χ3v) is 3.98. The molecule has 104 valence electrons. The number of oxime groups is 1. The highest BCUT2D eigenvalue weighted by Crippen LogP contribution is 2.25. The van der Waals surface area contributed by atoms with Gasteiger partial charge in [0.25, 0.3) is 5.69 Å². The van der Waals surface area contributed by atoms with E-state index in [1.807, 2.05) is 0 Å². The molecule has 0 unspecified atom stereocenters. The second-order valence-electron chi connectivity index (χ2n) is 3.71. The first-order valence-corrected chi connectivity index (χ1v) is 6.98. The maximum atomic E-state index is 10.6. The molecular weight excluding hydrogens is 396 g/mol. The summed E-state index contributed by atoms with van der Waals surface area (Å²) in [6.07, 6.45) is 1.41. The number of furan rings is 1. The predicted octanol–water partition coefficient (Wildman–Crippen LogP) is 4.26. The second-order valence-corrected chi connectivity index (χ2v) is 5.28. The minimum absolute atomic E-state index is 0.0222. The first kappa shape index (κ1) is 14.7. The average Bonchev–Trinajstić information content (AvgIpc) is 2.74. The lowest BCUT2D eigenvalue weighted by molar-refractivity contribution is -0.384. The number of hydrogen-bond acceptors (Lipinski definition) is 5. The summed E-state index contributed by atoms with van der Waals surface area (Å²) < 4.78 is 6.61. The summed E-state index contributed by atoms with van der Waals surface area (Å²) in [5.74, 6) is 0.516. The van der Waals surface area contributed by atoms with Crippen LogP contribution in [0, 0.1) is 10.1 Å². The molecule has 2 rings (SSSR count). The van der Waals surface area contributed by atoms with E-state index in [1.54, 1.807) is 18.2 Å². The molecule has 0 bridgehead atoms. The summed E-state index contributed by atoms with van der Waals surface area (Å²) in [7, 11) is 0. The fourth-order valence-corrected chi connectivity index (χ4v) is 2.00. The minimum Gasteiger partial charge on any atom is -0.447 e. The van der Waals surface area contributed by atoms with Crippen LogP contribution in [0.15, 0.2) is 49.0 Å². The molecule has 0 radical (unpaired) electrons. The van der Waals surface area contributed by atoms with Gasteiger partial charge in [-0.25, -0.2) is 0 Å². The average molecular weight is 404 g/mol. The van der Waals surface area contributed by atoms with Gasteiger partial charge in [-0.1, -0.05) is 17.3 Å². The highest BCUT2D eigenvalue weighted by atomic mass is 79.9. The van der Waals surface area contributed by atoms with Crippen LogP contribution in [0.5, 0.6) is 0 Å². The van der Waals surface area contributed by atoms with E-state index < -0.39 is 4.92 Å². The molecule has 1 aromatic heterocycles. The van der Waals surface area contributed by atoms with Crippen LogP contribution >= 0.6 is 31.9 Å². The predicted molar refractivity (Wildman–Crippen MR) is 79.6 cm³/mol. The van der Waals surface area contributed by atoms with E-state index in [2.05, 4.69) is 37.0 Å². The molecule has 0 aliphatic carbocycles. The van der Waals surface area contributed by atoms with Crippen molar-refractivity contribution in [3.63, 3.8) is 0 Å². The number of nitrogens with zero attached hydrogens (tertiary/aromatic N) is 2. The van der Waals surface area contributed by atoms with Gasteiger partial charge in [-0.15, -0.1) is 0 Å². The molecule has 0 N–H and O–H groups in total. The number of hydrogen-bond donors (Lipinski definition) is 0. The lowest BCUT2D eigenvalue weighted by Crippen LogP contribution is -1.92. The standard InChI is InChI=1S/C12H8Br2N2O4/c13-11-5-10(20-12(11)14)6-15-19-7-8-2-1-3-9(4-8)16(17)18/h1-6H,7H2/b15-6-. The Labute approximate surface area is 130 Å². The van der Waals surface area contributed by atoms with E-state index in [-0.39, 0.29) is 12.3 Å². The van der Waals surface area contributed by atoms with Gasteiger partial charge in [-0.05, 0) is 37.4 Å². The van der Waals surface area contributed by atoms with Crippen molar-refractivity contribution in [1.29, 1.82) is 0 Å². The van der Waals surface area contributed by atoms with E-state index in [0.29, 0.717) is 16.0 Å². The number of rotatable bonds is 5. The van der Waals surface area contributed by atoms with Gasteiger partial charge in [-0.3, -0.25) is 10.1 Å². The monoisotopic (exact) mass is 402 g/mol. The molecule has 8 heteroatoms. The summed E-state index contributed by atoms with van der Waals surface area (Å²) in [4.78, 5) is 15.2. The zero-order valence-electron chi connectivity index (χ0n) is 9.95. The fraction of sp³-hybridized carbons (Fsp3) is 0.0833. The van der Waals surface area contributed by atoms with Crippen LogP contribution < -0.4 is 0 Å². The van der Waals surface area contributed by atoms with Gasteiger partial charge in [-0.2, -0.15) is 0 Å². The third kappa shape index (κ3) is 3.91. The maximum Gasteiger partial charge on any atom is 0.269 e. The van der Waals surface area contributed by atoms with Gasteiger partial charge in [0.2, 0.25) is 0 Å². The highest BCUT2D eigenvalue weighted by Gasteiger charge is 2.06. The second kappa shape index (κ2) is 6.67. The molecule has 0 saturated heterocycles. The van der Waals surface area contributed by atoms with Gasteiger partial charge in [0.05, 0.1) is 9.40 Å². The van der Waals surface area contributed by atoms with Crippen LogP contribution in [0.3, 0.4) is 0 Å². The van der Waals surface area contributed by atoms with Gasteiger partial charge in [0.1, 0.15) is 12.8 Å². The molecule has 1 heterocycles. The van der Waals surface area contributed by atoms with Gasteiger partial charge >= 0.3 is 0 Å². The maximum absolute atomic E-state index is 10.6. The summed E-state index contributed by atoms with van der Waals surface area (Å²) >= 11 is 6.48. The molecule has 0 spiro atoms. The van der Waals surface area contributed by atoms with E-state index >= 15 is 0 Å². The highest BCUT2D eigenvalue weighted by molar-refractivity contribution is 9.13. The first-order valence-electron chi connectivity index (χ1n) is 5.40. The summed E-state index contributed by atoms with van der Waals surface area (Å²) in [6.45, 7) is 0.140. The quantitative estimate of drug-likeness (QED) is 0.424. The molecule has 0 atom stereocenters. The van der Waals surface area contributed by atoms with Gasteiger partial charge in [0.15, 0.2) is 10.4 Å². The molecule has 0 aliphatic rings. The largest absolute Gasteiger partial charge is 0.447 e. The number of nitro benzene ring substituents is 1. The van der Waals surface area contributed by atoms with E-state index in [4.69, 9.17) is 9.25 Å². The van der Waals surface area contributed by atoms with Crippen molar-refractivity contribution in [1.82, 2.24) is 0 Å². The Balaban J connectivity index is 1.92. The Bertz CT molecular complexity index is 635. The van der Waals surface area contributed by atoms with Gasteiger partial charge in [0, 0.05) is 18.2 Å². The number of halogens is 2. The molecule has 0 fully saturated rings. The van der Waals surface area contributed by atoms with Gasteiger partial charge < -0.3 is 9.25 Å². The normalized spacial score (nSPS) is 10.9. The Morgan fingerprint density at radius 3 is 2.85 bits per heavy atom. The van der Waals surface area contributed by atoms with Crippen molar-refractivity contribution < 1.29 is 14.2 Å². The van der Waals surface area contributed by atoms with Crippen molar-refractivity contribution in [3.05, 3.63) is 60.9 Å². The third-order valence-electron chi connectivity index (χ3n) is 2.27. The molecule has 2 aromatic rings. The van der Waals surface area contributed by atoms with Crippen LogP contribution in [0.4, 0.5) is 5.69 Å². The molecular formula is C12H8Br2N2O4. The Kier molecular flexibility index (Phi) is 4.91. The minimum atomic E-state index is -0.454. The lowest BCUT2D eigenvalue weighted by Gasteiger charge is -1.99. The zero-order valence-corrected chi connectivity index (χ0v) is 13.1. The Hall–Kier alpha value is -1.67. The molecule has 1 aromatic carbocycles. The van der Waals surface area contributed by atoms with Crippen molar-refractivity contribution >= 4 is 43.8 Å². The fourth-order valence-electron chi connectivity index (χ4n) is 1.39. The molecule has 20 heavy (non-hydrogen) atoms. The topological polar surface area (TPSA) is 77.9 Å². The van der Waals surface area contributed by atoms with E-state index in [1.165, 1.54) is 18.3 Å². The van der Waals surface area contributed by atoms with Crippen LogP contribution in [0.25, 0.3) is 0 Å². The van der Waals surface area contributed by atoms with E-state index in [9.17, 15) is 10.1 Å². The van der Waals surface area contributed by atoms with Crippen molar-refractivity contribution in [2.75, 3.05) is 0 Å². The summed E-state index contributed by atoms with van der Waals surface area (Å²) in [5, 5.41) is 14.4. The lowest BCUT2D eigenvalue weighted by atomic mass is 10.2. The van der Waals surface area contributed by atoms with Crippen LogP contribution in [0.1, 0.15) is 11.3 Å². The Morgan fingerprint density at radius 2 is 2.20 bits per heavy atom. The van der Waals surface area contributed by atoms with Crippen LogP contribution in [-0.2, 0) is 11.4 Å². The van der Waals surface area contributed by atoms with Crippen LogP contribution in [-0.4, -0.2) is 11.1 Å². The molecule has 0 aliphatic heterocycles.